The fraction of sp³-hybridized carbons (Fsp3) is 0. The molecule has 0 N–H and O–H groups in total. The Kier molecular flexibility index (Phi) is 7.47. The molecule has 0 aliphatic heterocycles. The smallest absolute Gasteiger partial charge is 0.164 e. The Morgan fingerprint density at radius 1 is 0.305 bits per heavy atom. The maximum atomic E-state index is 5.41. The van der Waals surface area contributed by atoms with Crippen LogP contribution < -0.4 is 0 Å². The van der Waals surface area contributed by atoms with Gasteiger partial charge < -0.3 is 0 Å². The summed E-state index contributed by atoms with van der Waals surface area (Å²) in [5, 5.41) is 11.3. The predicted molar refractivity (Wildman–Crippen MR) is 244 cm³/mol. The van der Waals surface area contributed by atoms with E-state index in [2.05, 4.69) is 193 Å². The highest BCUT2D eigenvalue weighted by molar-refractivity contribution is 6.15. The van der Waals surface area contributed by atoms with Crippen LogP contribution in [0.3, 0.4) is 0 Å². The van der Waals surface area contributed by atoms with Crippen molar-refractivity contribution in [3.63, 3.8) is 0 Å². The first-order valence-corrected chi connectivity index (χ1v) is 19.9. The van der Waals surface area contributed by atoms with Crippen molar-refractivity contribution < 1.29 is 0 Å². The van der Waals surface area contributed by atoms with E-state index in [1.807, 2.05) is 12.1 Å². The number of aromatic nitrogens is 5. The van der Waals surface area contributed by atoms with Crippen LogP contribution in [0.4, 0.5) is 0 Å². The highest BCUT2D eigenvalue weighted by atomic mass is 15.1. The van der Waals surface area contributed by atoms with Gasteiger partial charge in [0, 0.05) is 27.6 Å². The minimum atomic E-state index is 0.612. The minimum Gasteiger partial charge on any atom is -0.292 e. The molecule has 12 rings (SSSR count). The molecule has 0 fully saturated rings. The van der Waals surface area contributed by atoms with Crippen molar-refractivity contribution in [2.75, 3.05) is 0 Å². The van der Waals surface area contributed by atoms with Gasteiger partial charge in [-0.05, 0) is 84.9 Å². The van der Waals surface area contributed by atoms with E-state index in [4.69, 9.17) is 19.9 Å². The van der Waals surface area contributed by atoms with E-state index in [-0.39, 0.29) is 0 Å². The molecule has 0 aliphatic rings. The van der Waals surface area contributed by atoms with E-state index in [0.29, 0.717) is 17.5 Å². The van der Waals surface area contributed by atoms with Crippen molar-refractivity contribution in [1.29, 1.82) is 0 Å². The summed E-state index contributed by atoms with van der Waals surface area (Å²) in [5.74, 6) is 2.76. The summed E-state index contributed by atoms with van der Waals surface area (Å²) in [7, 11) is 0. The number of hydrogen-bond donors (Lipinski definition) is 0. The molecule has 2 aromatic heterocycles. The lowest BCUT2D eigenvalue weighted by molar-refractivity contribution is 1.08. The Labute approximate surface area is 339 Å². The molecule has 0 radical (unpaired) electrons. The van der Waals surface area contributed by atoms with Crippen LogP contribution in [0.25, 0.3) is 116 Å². The van der Waals surface area contributed by atoms with Crippen molar-refractivity contribution in [3.8, 4) is 51.2 Å². The summed E-state index contributed by atoms with van der Waals surface area (Å²) in [6.45, 7) is 0. The molecule has 10 aromatic carbocycles. The van der Waals surface area contributed by atoms with Crippen molar-refractivity contribution in [3.05, 3.63) is 200 Å². The van der Waals surface area contributed by atoms with E-state index >= 15 is 0 Å². The summed E-state index contributed by atoms with van der Waals surface area (Å²) < 4.78 is 2.28. The van der Waals surface area contributed by atoms with E-state index in [9.17, 15) is 0 Å². The molecule has 0 aliphatic carbocycles. The maximum Gasteiger partial charge on any atom is 0.164 e. The van der Waals surface area contributed by atoms with E-state index in [0.717, 1.165) is 87.9 Å². The Hall–Kier alpha value is -8.02. The molecule has 5 nitrogen and oxygen atoms in total. The third kappa shape index (κ3) is 5.33. The second-order valence-electron chi connectivity index (χ2n) is 15.0. The van der Waals surface area contributed by atoms with Gasteiger partial charge in [0.2, 0.25) is 0 Å². The minimum absolute atomic E-state index is 0.612. The number of nitrogens with zero attached hydrogens (tertiary/aromatic N) is 5. The summed E-state index contributed by atoms with van der Waals surface area (Å²) in [4.78, 5) is 21.4. The normalized spacial score (nSPS) is 11.7. The van der Waals surface area contributed by atoms with Crippen molar-refractivity contribution >= 4 is 64.9 Å². The average molecular weight is 752 g/mol. The van der Waals surface area contributed by atoms with Crippen molar-refractivity contribution in [2.45, 2.75) is 0 Å². The van der Waals surface area contributed by atoms with Crippen LogP contribution in [0.1, 0.15) is 0 Å². The number of para-hydroxylation sites is 2. The lowest BCUT2D eigenvalue weighted by atomic mass is 9.95. The zero-order valence-electron chi connectivity index (χ0n) is 31.8. The van der Waals surface area contributed by atoms with Crippen LogP contribution >= 0.6 is 0 Å². The Balaban J connectivity index is 1.15. The van der Waals surface area contributed by atoms with Crippen LogP contribution in [-0.4, -0.2) is 24.5 Å². The molecule has 59 heavy (non-hydrogen) atoms. The largest absolute Gasteiger partial charge is 0.292 e. The van der Waals surface area contributed by atoms with Crippen LogP contribution in [0.2, 0.25) is 0 Å². The Morgan fingerprint density at radius 2 is 0.746 bits per heavy atom. The SMILES string of the molecule is c1ccc(-c2nc3ccccc3n2-c2ccc(-c3nc(-c4cc5ccccc5c5ccccc45)nc(-c4cc5ccccc5c5ccccc45)n3)c3ccccc23)cc1. The first kappa shape index (κ1) is 33.2. The van der Waals surface area contributed by atoms with Gasteiger partial charge in [-0.15, -0.1) is 0 Å². The third-order valence-corrected chi connectivity index (χ3v) is 11.6. The topological polar surface area (TPSA) is 56.5 Å². The molecule has 0 amide bonds. The number of hydrogen-bond acceptors (Lipinski definition) is 4. The summed E-state index contributed by atoms with van der Waals surface area (Å²) in [6, 6.07) is 70.3. The number of benzene rings is 10. The van der Waals surface area contributed by atoms with Gasteiger partial charge in [0.15, 0.2) is 17.5 Å². The fourth-order valence-corrected chi connectivity index (χ4v) is 8.94. The second kappa shape index (κ2) is 13.3. The summed E-state index contributed by atoms with van der Waals surface area (Å²) in [5.41, 5.74) is 6.92. The molecule has 0 spiro atoms. The van der Waals surface area contributed by atoms with Crippen LogP contribution in [-0.2, 0) is 0 Å². The molecular weight excluding hydrogens is 719 g/mol. The van der Waals surface area contributed by atoms with Gasteiger partial charge >= 0.3 is 0 Å². The highest BCUT2D eigenvalue weighted by Crippen LogP contribution is 2.40. The Morgan fingerprint density at radius 3 is 1.34 bits per heavy atom. The number of fused-ring (bicyclic) bond motifs is 8. The van der Waals surface area contributed by atoms with Crippen molar-refractivity contribution in [1.82, 2.24) is 24.5 Å². The molecule has 274 valence electrons. The summed E-state index contributed by atoms with van der Waals surface area (Å²) >= 11 is 0. The molecule has 12 aromatic rings. The van der Waals surface area contributed by atoms with E-state index < -0.39 is 0 Å². The zero-order valence-corrected chi connectivity index (χ0v) is 31.8. The van der Waals surface area contributed by atoms with Crippen LogP contribution in [0, 0.1) is 0 Å². The third-order valence-electron chi connectivity index (χ3n) is 11.6. The molecular formula is C54H33N5. The molecule has 0 atom stereocenters. The van der Waals surface area contributed by atoms with Gasteiger partial charge in [-0.25, -0.2) is 19.9 Å². The molecule has 0 saturated carbocycles. The zero-order chi connectivity index (χ0) is 38.9. The molecule has 0 saturated heterocycles. The Bertz CT molecular complexity index is 3490. The molecule has 0 unspecified atom stereocenters. The van der Waals surface area contributed by atoms with Gasteiger partial charge in [0.25, 0.3) is 0 Å². The standard InChI is InChI=1S/C54H33N5/c1-2-16-34(17-3-1)54-55-48-28-14-15-29-50(48)59(54)49-31-30-45(43-26-12-13-27-44(43)49)51-56-52(46-32-35-18-4-6-20-37(35)39-22-8-10-24-41(39)46)58-53(57-51)47-33-36-19-5-7-21-38(36)40-23-9-11-25-42(40)47/h1-33H. The molecule has 5 heteroatoms. The van der Waals surface area contributed by atoms with Gasteiger partial charge in [-0.1, -0.05) is 164 Å². The lowest BCUT2D eigenvalue weighted by Crippen LogP contribution is -2.03. The average Bonchev–Trinajstić information content (AvgIpc) is 3.70. The molecule has 2 heterocycles. The fourth-order valence-electron chi connectivity index (χ4n) is 8.94. The van der Waals surface area contributed by atoms with Crippen LogP contribution in [0.5, 0.6) is 0 Å². The molecule has 0 bridgehead atoms. The van der Waals surface area contributed by atoms with E-state index in [1.54, 1.807) is 0 Å². The van der Waals surface area contributed by atoms with Crippen molar-refractivity contribution in [2.24, 2.45) is 0 Å². The number of imidazole rings is 1. The van der Waals surface area contributed by atoms with E-state index in [1.165, 1.54) is 10.8 Å². The lowest BCUT2D eigenvalue weighted by Gasteiger charge is -2.17. The quantitative estimate of drug-likeness (QED) is 0.164. The highest BCUT2D eigenvalue weighted by Gasteiger charge is 2.22. The van der Waals surface area contributed by atoms with Gasteiger partial charge in [0.05, 0.1) is 16.7 Å². The van der Waals surface area contributed by atoms with Gasteiger partial charge in [-0.2, -0.15) is 0 Å². The summed E-state index contributed by atoms with van der Waals surface area (Å²) in [6.07, 6.45) is 0. The second-order valence-corrected chi connectivity index (χ2v) is 15.0. The van der Waals surface area contributed by atoms with Gasteiger partial charge in [-0.3, -0.25) is 4.57 Å². The first-order valence-electron chi connectivity index (χ1n) is 19.9. The monoisotopic (exact) mass is 751 g/mol. The predicted octanol–water partition coefficient (Wildman–Crippen LogP) is 13.6. The van der Waals surface area contributed by atoms with Gasteiger partial charge in [0.1, 0.15) is 5.82 Å². The maximum absolute atomic E-state index is 5.41. The number of rotatable bonds is 5. The first-order chi connectivity index (χ1) is 29.3. The van der Waals surface area contributed by atoms with Crippen LogP contribution in [0.15, 0.2) is 200 Å².